The third-order valence-electron chi connectivity index (χ3n) is 1.32. The molecule has 82 valence electrons. The quantitative estimate of drug-likeness (QED) is 0.641. The van der Waals surface area contributed by atoms with Crippen LogP contribution in [0.15, 0.2) is 0 Å². The largest absolute Gasteiger partial charge is 0.490 e. The Morgan fingerprint density at radius 3 is 2.14 bits per heavy atom. The first-order valence-corrected chi connectivity index (χ1v) is 3.42. The standard InChI is InChI=1S/C6H8F3NO4/c1-2(3(10)4(11)12)14-5(13)6(7,8)9/h2-3H,10H2,1H3,(H,11,12)/t2-,3+/m1/s1. The van der Waals surface area contributed by atoms with E-state index in [1.165, 1.54) is 0 Å². The van der Waals surface area contributed by atoms with Crippen LogP contribution in [-0.4, -0.2) is 35.4 Å². The molecule has 0 rings (SSSR count). The lowest BCUT2D eigenvalue weighted by Gasteiger charge is -2.17. The molecule has 0 radical (unpaired) electrons. The molecule has 0 fully saturated rings. The van der Waals surface area contributed by atoms with Gasteiger partial charge in [0, 0.05) is 0 Å². The normalized spacial score (nSPS) is 15.8. The fourth-order valence-electron chi connectivity index (χ4n) is 0.510. The molecule has 0 aliphatic carbocycles. The lowest BCUT2D eigenvalue weighted by atomic mass is 10.2. The van der Waals surface area contributed by atoms with Crippen molar-refractivity contribution in [3.8, 4) is 0 Å². The van der Waals surface area contributed by atoms with Gasteiger partial charge in [0.15, 0.2) is 0 Å². The minimum atomic E-state index is -5.15. The number of hydrogen-bond acceptors (Lipinski definition) is 4. The Morgan fingerprint density at radius 2 is 1.86 bits per heavy atom. The number of esters is 1. The van der Waals surface area contributed by atoms with Crippen molar-refractivity contribution in [1.29, 1.82) is 0 Å². The summed E-state index contributed by atoms with van der Waals surface area (Å²) in [5.74, 6) is -4.01. The Labute approximate surface area is 76.6 Å². The molecule has 0 bridgehead atoms. The van der Waals surface area contributed by atoms with Gasteiger partial charge in [0.2, 0.25) is 0 Å². The summed E-state index contributed by atoms with van der Waals surface area (Å²) in [7, 11) is 0. The van der Waals surface area contributed by atoms with Crippen LogP contribution in [0.25, 0.3) is 0 Å². The summed E-state index contributed by atoms with van der Waals surface area (Å²) in [6.45, 7) is 0.961. The van der Waals surface area contributed by atoms with E-state index in [2.05, 4.69) is 4.74 Å². The molecular weight excluding hydrogens is 207 g/mol. The van der Waals surface area contributed by atoms with E-state index in [0.29, 0.717) is 0 Å². The molecule has 5 nitrogen and oxygen atoms in total. The summed E-state index contributed by atoms with van der Waals surface area (Å²) in [5.41, 5.74) is 4.91. The lowest BCUT2D eigenvalue weighted by Crippen LogP contribution is -2.44. The molecule has 0 aliphatic heterocycles. The average molecular weight is 215 g/mol. The molecule has 0 aromatic heterocycles. The van der Waals surface area contributed by atoms with Crippen LogP contribution in [-0.2, 0) is 14.3 Å². The van der Waals surface area contributed by atoms with Gasteiger partial charge in [0.25, 0.3) is 0 Å². The molecule has 0 aliphatic rings. The molecule has 2 atom stereocenters. The number of carboxylic acids is 1. The zero-order valence-electron chi connectivity index (χ0n) is 7.04. The number of carbonyl (C=O) groups excluding carboxylic acids is 1. The van der Waals surface area contributed by atoms with E-state index in [1.54, 1.807) is 0 Å². The van der Waals surface area contributed by atoms with E-state index in [4.69, 9.17) is 10.8 Å². The van der Waals surface area contributed by atoms with Crippen molar-refractivity contribution < 1.29 is 32.6 Å². The number of hydrogen-bond donors (Lipinski definition) is 2. The molecule has 0 saturated heterocycles. The van der Waals surface area contributed by atoms with Gasteiger partial charge in [-0.2, -0.15) is 13.2 Å². The number of halogens is 3. The highest BCUT2D eigenvalue weighted by Gasteiger charge is 2.42. The third kappa shape index (κ3) is 3.60. The van der Waals surface area contributed by atoms with Crippen LogP contribution >= 0.6 is 0 Å². The fraction of sp³-hybridized carbons (Fsp3) is 0.667. The summed E-state index contributed by atoms with van der Waals surface area (Å²) in [6.07, 6.45) is -6.69. The molecule has 0 aromatic carbocycles. The van der Waals surface area contributed by atoms with Gasteiger partial charge in [0.05, 0.1) is 0 Å². The Hall–Kier alpha value is -1.31. The summed E-state index contributed by atoms with van der Waals surface area (Å²) in [4.78, 5) is 20.4. The topological polar surface area (TPSA) is 89.6 Å². The Morgan fingerprint density at radius 1 is 1.43 bits per heavy atom. The van der Waals surface area contributed by atoms with Gasteiger partial charge in [-0.15, -0.1) is 0 Å². The summed E-state index contributed by atoms with van der Waals surface area (Å²) in [6, 6.07) is -1.68. The molecule has 0 aromatic rings. The highest BCUT2D eigenvalue weighted by Crippen LogP contribution is 2.17. The lowest BCUT2D eigenvalue weighted by molar-refractivity contribution is -0.205. The number of carboxylic acid groups (broad SMARTS) is 1. The Bertz CT molecular complexity index is 240. The van der Waals surface area contributed by atoms with Crippen molar-refractivity contribution in [2.24, 2.45) is 5.73 Å². The molecule has 0 spiro atoms. The Balaban J connectivity index is 4.27. The van der Waals surface area contributed by atoms with E-state index < -0.39 is 30.3 Å². The van der Waals surface area contributed by atoms with E-state index in [1.807, 2.05) is 0 Å². The summed E-state index contributed by atoms with van der Waals surface area (Å²) in [5, 5.41) is 8.27. The van der Waals surface area contributed by atoms with Gasteiger partial charge in [-0.05, 0) is 6.92 Å². The third-order valence-corrected chi connectivity index (χ3v) is 1.32. The minimum absolute atomic E-state index is 0.961. The number of nitrogens with two attached hydrogens (primary N) is 1. The van der Waals surface area contributed by atoms with Crippen molar-refractivity contribution in [2.75, 3.05) is 0 Å². The maximum Gasteiger partial charge on any atom is 0.490 e. The van der Waals surface area contributed by atoms with Crippen LogP contribution < -0.4 is 5.73 Å². The van der Waals surface area contributed by atoms with Gasteiger partial charge in [-0.25, -0.2) is 4.79 Å². The number of carbonyl (C=O) groups is 2. The highest BCUT2D eigenvalue weighted by atomic mass is 19.4. The number of aliphatic carboxylic acids is 1. The average Bonchev–Trinajstić information content (AvgIpc) is 2.00. The maximum atomic E-state index is 11.6. The van der Waals surface area contributed by atoms with Crippen LogP contribution in [0.3, 0.4) is 0 Å². The molecule has 8 heteroatoms. The predicted molar refractivity (Wildman–Crippen MR) is 37.2 cm³/mol. The fourth-order valence-corrected chi connectivity index (χ4v) is 0.510. The molecule has 0 heterocycles. The SMILES string of the molecule is C[C@@H](OC(=O)C(F)(F)F)[C@H](N)C(=O)O. The van der Waals surface area contributed by atoms with Crippen molar-refractivity contribution in [2.45, 2.75) is 25.2 Å². The number of rotatable bonds is 3. The molecule has 14 heavy (non-hydrogen) atoms. The highest BCUT2D eigenvalue weighted by molar-refractivity contribution is 5.78. The van der Waals surface area contributed by atoms with E-state index in [-0.39, 0.29) is 0 Å². The van der Waals surface area contributed by atoms with Gasteiger partial charge >= 0.3 is 18.1 Å². The molecule has 0 unspecified atom stereocenters. The van der Waals surface area contributed by atoms with Gasteiger partial charge in [-0.3, -0.25) is 4.79 Å². The second kappa shape index (κ2) is 4.27. The number of alkyl halides is 3. The van der Waals surface area contributed by atoms with E-state index in [9.17, 15) is 22.8 Å². The second-order valence-electron chi connectivity index (χ2n) is 2.47. The van der Waals surface area contributed by atoms with E-state index >= 15 is 0 Å². The van der Waals surface area contributed by atoms with Gasteiger partial charge < -0.3 is 15.6 Å². The maximum absolute atomic E-state index is 11.6. The number of ether oxygens (including phenoxy) is 1. The van der Waals surface area contributed by atoms with Crippen LogP contribution in [0.2, 0.25) is 0 Å². The van der Waals surface area contributed by atoms with Crippen molar-refractivity contribution in [3.05, 3.63) is 0 Å². The first-order valence-electron chi connectivity index (χ1n) is 3.42. The predicted octanol–water partition coefficient (Wildman–Crippen LogP) is -0.108. The van der Waals surface area contributed by atoms with Crippen molar-refractivity contribution in [3.63, 3.8) is 0 Å². The molecule has 3 N–H and O–H groups in total. The van der Waals surface area contributed by atoms with Crippen LogP contribution in [0.1, 0.15) is 6.92 Å². The second-order valence-corrected chi connectivity index (χ2v) is 2.47. The summed E-state index contributed by atoms with van der Waals surface area (Å²) >= 11 is 0. The first kappa shape index (κ1) is 12.7. The van der Waals surface area contributed by atoms with Crippen molar-refractivity contribution in [1.82, 2.24) is 0 Å². The first-order chi connectivity index (χ1) is 6.16. The molecular formula is C6H8F3NO4. The Kier molecular flexibility index (Phi) is 3.87. The van der Waals surface area contributed by atoms with Crippen LogP contribution in [0, 0.1) is 0 Å². The molecule has 0 saturated carbocycles. The summed E-state index contributed by atoms with van der Waals surface area (Å²) < 4.78 is 38.6. The van der Waals surface area contributed by atoms with Crippen LogP contribution in [0.4, 0.5) is 13.2 Å². The monoisotopic (exact) mass is 215 g/mol. The minimum Gasteiger partial charge on any atom is -0.480 e. The van der Waals surface area contributed by atoms with Crippen molar-refractivity contribution >= 4 is 11.9 Å². The van der Waals surface area contributed by atoms with Crippen LogP contribution in [0.5, 0.6) is 0 Å². The smallest absolute Gasteiger partial charge is 0.480 e. The van der Waals surface area contributed by atoms with Gasteiger partial charge in [0.1, 0.15) is 12.1 Å². The zero-order chi connectivity index (χ0) is 11.5. The van der Waals surface area contributed by atoms with Gasteiger partial charge in [-0.1, -0.05) is 0 Å². The zero-order valence-corrected chi connectivity index (χ0v) is 7.04. The molecule has 0 amide bonds. The van der Waals surface area contributed by atoms with E-state index in [0.717, 1.165) is 6.92 Å².